The quantitative estimate of drug-likeness (QED) is 0.798. The number of aliphatic hydroxyl groups is 1. The minimum atomic E-state index is 0.165. The summed E-state index contributed by atoms with van der Waals surface area (Å²) in [7, 11) is 2.17. The van der Waals surface area contributed by atoms with Gasteiger partial charge in [0.2, 0.25) is 0 Å². The minimum Gasteiger partial charge on any atom is -0.395 e. The van der Waals surface area contributed by atoms with Crippen molar-refractivity contribution in [1.82, 2.24) is 4.90 Å². The first kappa shape index (κ1) is 14.0. The number of hydrogen-bond acceptors (Lipinski definition) is 2. The topological polar surface area (TPSA) is 23.5 Å². The molecule has 0 saturated heterocycles. The van der Waals surface area contributed by atoms with E-state index in [4.69, 9.17) is 0 Å². The third-order valence-electron chi connectivity index (χ3n) is 3.98. The van der Waals surface area contributed by atoms with Crippen molar-refractivity contribution in [2.24, 2.45) is 11.3 Å². The van der Waals surface area contributed by atoms with Crippen molar-refractivity contribution in [2.45, 2.75) is 58.9 Å². The first-order chi connectivity index (χ1) is 7.45. The van der Waals surface area contributed by atoms with E-state index in [1.54, 1.807) is 0 Å². The molecule has 0 heterocycles. The van der Waals surface area contributed by atoms with E-state index < -0.39 is 0 Å². The Bertz CT molecular complexity index is 191. The number of nitrogens with zero attached hydrogens (tertiary/aromatic N) is 1. The van der Waals surface area contributed by atoms with Crippen LogP contribution in [0.3, 0.4) is 0 Å². The van der Waals surface area contributed by atoms with Crippen molar-refractivity contribution < 1.29 is 5.11 Å². The molecule has 1 N–H and O–H groups in total. The molecule has 1 unspecified atom stereocenters. The third-order valence-corrected chi connectivity index (χ3v) is 3.98. The van der Waals surface area contributed by atoms with Crippen molar-refractivity contribution in [3.63, 3.8) is 0 Å². The Kier molecular flexibility index (Phi) is 5.26. The summed E-state index contributed by atoms with van der Waals surface area (Å²) >= 11 is 0. The molecule has 1 atom stereocenters. The molecular formula is C14H29NO. The lowest BCUT2D eigenvalue weighted by Crippen LogP contribution is -2.46. The molecule has 96 valence electrons. The maximum atomic E-state index is 9.52. The van der Waals surface area contributed by atoms with Crippen molar-refractivity contribution in [3.05, 3.63) is 0 Å². The Morgan fingerprint density at radius 2 is 1.75 bits per heavy atom. The Hall–Kier alpha value is -0.0800. The molecule has 0 spiro atoms. The number of likely N-dealkylation sites (N-methyl/N-ethyl adjacent to an activating group) is 1. The number of aliphatic hydroxyl groups excluding tert-OH is 1. The lowest BCUT2D eigenvalue weighted by molar-refractivity contribution is 0.0515. The zero-order chi connectivity index (χ0) is 12.2. The zero-order valence-corrected chi connectivity index (χ0v) is 11.5. The molecule has 0 aromatic heterocycles. The monoisotopic (exact) mass is 227 g/mol. The highest BCUT2D eigenvalue weighted by molar-refractivity contribution is 4.82. The molecule has 1 rings (SSSR count). The van der Waals surface area contributed by atoms with E-state index in [1.165, 1.54) is 32.1 Å². The molecule has 0 aliphatic heterocycles. The molecule has 2 heteroatoms. The third kappa shape index (κ3) is 4.06. The zero-order valence-electron chi connectivity index (χ0n) is 11.5. The average molecular weight is 227 g/mol. The van der Waals surface area contributed by atoms with Gasteiger partial charge in [-0.25, -0.2) is 0 Å². The predicted octanol–water partition coefficient (Wildman–Crippen LogP) is 2.91. The summed E-state index contributed by atoms with van der Waals surface area (Å²) in [6.45, 7) is 8.07. The molecule has 1 fully saturated rings. The first-order valence-corrected chi connectivity index (χ1v) is 6.76. The highest BCUT2D eigenvalue weighted by Crippen LogP contribution is 2.28. The van der Waals surface area contributed by atoms with E-state index >= 15 is 0 Å². The maximum Gasteiger partial charge on any atom is 0.0591 e. The molecule has 16 heavy (non-hydrogen) atoms. The summed E-state index contributed by atoms with van der Waals surface area (Å²) in [5.41, 5.74) is 0.165. The Labute approximate surface area is 101 Å². The van der Waals surface area contributed by atoms with Gasteiger partial charge in [-0.3, -0.25) is 0 Å². The van der Waals surface area contributed by atoms with Gasteiger partial charge < -0.3 is 10.0 Å². The van der Waals surface area contributed by atoms with Gasteiger partial charge in [-0.15, -0.1) is 0 Å². The molecule has 1 aliphatic carbocycles. The molecular weight excluding hydrogens is 198 g/mol. The highest BCUT2D eigenvalue weighted by atomic mass is 16.3. The van der Waals surface area contributed by atoms with Crippen LogP contribution in [-0.2, 0) is 0 Å². The van der Waals surface area contributed by atoms with Crippen LogP contribution in [0.25, 0.3) is 0 Å². The van der Waals surface area contributed by atoms with Gasteiger partial charge >= 0.3 is 0 Å². The van der Waals surface area contributed by atoms with Crippen LogP contribution in [0.15, 0.2) is 0 Å². The Balaban J connectivity index is 2.45. The lowest BCUT2D eigenvalue weighted by Gasteiger charge is -2.39. The molecule has 1 saturated carbocycles. The standard InChI is InChI=1S/C14H29NO/c1-14(2,3)13(11-16)15(4)10-12-8-6-5-7-9-12/h12-13,16H,5-11H2,1-4H3. The van der Waals surface area contributed by atoms with Gasteiger partial charge in [-0.1, -0.05) is 40.0 Å². The summed E-state index contributed by atoms with van der Waals surface area (Å²) in [6, 6.07) is 0.287. The van der Waals surface area contributed by atoms with Gasteiger partial charge in [0.05, 0.1) is 6.61 Å². The fourth-order valence-corrected chi connectivity index (χ4v) is 2.98. The fourth-order valence-electron chi connectivity index (χ4n) is 2.98. The highest BCUT2D eigenvalue weighted by Gasteiger charge is 2.29. The van der Waals surface area contributed by atoms with E-state index in [1.807, 2.05) is 0 Å². The average Bonchev–Trinajstić information content (AvgIpc) is 2.17. The van der Waals surface area contributed by atoms with Crippen LogP contribution in [0, 0.1) is 11.3 Å². The number of rotatable bonds is 4. The van der Waals surface area contributed by atoms with E-state index in [2.05, 4.69) is 32.7 Å². The smallest absolute Gasteiger partial charge is 0.0591 e. The summed E-state index contributed by atoms with van der Waals surface area (Å²) < 4.78 is 0. The second kappa shape index (κ2) is 6.02. The first-order valence-electron chi connectivity index (χ1n) is 6.76. The largest absolute Gasteiger partial charge is 0.395 e. The second-order valence-corrected chi connectivity index (χ2v) is 6.51. The summed E-state index contributed by atoms with van der Waals surface area (Å²) in [4.78, 5) is 2.37. The SMILES string of the molecule is CN(CC1CCCCC1)C(CO)C(C)(C)C. The molecule has 0 bridgehead atoms. The second-order valence-electron chi connectivity index (χ2n) is 6.51. The molecule has 2 nitrogen and oxygen atoms in total. The van der Waals surface area contributed by atoms with E-state index in [0.717, 1.165) is 12.5 Å². The summed E-state index contributed by atoms with van der Waals surface area (Å²) in [5.74, 6) is 0.857. The van der Waals surface area contributed by atoms with Gasteiger partial charge in [-0.05, 0) is 31.2 Å². The Morgan fingerprint density at radius 3 is 2.19 bits per heavy atom. The number of hydrogen-bond donors (Lipinski definition) is 1. The van der Waals surface area contributed by atoms with Crippen molar-refractivity contribution in [2.75, 3.05) is 20.2 Å². The van der Waals surface area contributed by atoms with Gasteiger partial charge in [-0.2, -0.15) is 0 Å². The van der Waals surface area contributed by atoms with Crippen LogP contribution in [0.4, 0.5) is 0 Å². The molecule has 0 amide bonds. The van der Waals surface area contributed by atoms with Crippen LogP contribution in [0.2, 0.25) is 0 Å². The van der Waals surface area contributed by atoms with Crippen LogP contribution in [-0.4, -0.2) is 36.2 Å². The van der Waals surface area contributed by atoms with Gasteiger partial charge in [0, 0.05) is 12.6 Å². The van der Waals surface area contributed by atoms with Crippen LogP contribution >= 0.6 is 0 Å². The fraction of sp³-hybridized carbons (Fsp3) is 1.00. The summed E-state index contributed by atoms with van der Waals surface area (Å²) in [6.07, 6.45) is 6.98. The predicted molar refractivity (Wildman–Crippen MR) is 69.5 cm³/mol. The maximum absolute atomic E-state index is 9.52. The van der Waals surface area contributed by atoms with Gasteiger partial charge in [0.15, 0.2) is 0 Å². The molecule has 1 aliphatic rings. The van der Waals surface area contributed by atoms with Crippen molar-refractivity contribution in [1.29, 1.82) is 0 Å². The van der Waals surface area contributed by atoms with E-state index in [-0.39, 0.29) is 18.1 Å². The van der Waals surface area contributed by atoms with Crippen molar-refractivity contribution >= 4 is 0 Å². The lowest BCUT2D eigenvalue weighted by atomic mass is 9.84. The molecule has 0 radical (unpaired) electrons. The minimum absolute atomic E-state index is 0.165. The van der Waals surface area contributed by atoms with Crippen molar-refractivity contribution in [3.8, 4) is 0 Å². The van der Waals surface area contributed by atoms with Gasteiger partial charge in [0.1, 0.15) is 0 Å². The van der Waals surface area contributed by atoms with Crippen LogP contribution in [0.1, 0.15) is 52.9 Å². The van der Waals surface area contributed by atoms with E-state index in [9.17, 15) is 5.11 Å². The van der Waals surface area contributed by atoms with Crippen LogP contribution in [0.5, 0.6) is 0 Å². The summed E-state index contributed by atoms with van der Waals surface area (Å²) in [5, 5.41) is 9.52. The Morgan fingerprint density at radius 1 is 1.19 bits per heavy atom. The van der Waals surface area contributed by atoms with E-state index in [0.29, 0.717) is 0 Å². The molecule has 0 aromatic carbocycles. The normalized spacial score (nSPS) is 21.4. The van der Waals surface area contributed by atoms with Gasteiger partial charge in [0.25, 0.3) is 0 Å². The van der Waals surface area contributed by atoms with Crippen LogP contribution < -0.4 is 0 Å². The molecule has 0 aromatic rings.